The molecule has 1 aromatic heterocycles. The molecule has 3 aromatic rings. The van der Waals surface area contributed by atoms with Crippen LogP contribution in [-0.2, 0) is 24.4 Å². The van der Waals surface area contributed by atoms with Crippen LogP contribution in [0.2, 0.25) is 0 Å². The van der Waals surface area contributed by atoms with Crippen LogP contribution in [0.1, 0.15) is 34.6 Å². The maximum atomic E-state index is 13.9. The van der Waals surface area contributed by atoms with E-state index in [4.69, 9.17) is 4.74 Å². The van der Waals surface area contributed by atoms with Gasteiger partial charge in [0, 0.05) is 30.8 Å². The molecule has 162 valence electrons. The second-order valence-corrected chi connectivity index (χ2v) is 8.46. The fraction of sp³-hybridized carbons (Fsp3) is 0.417. The summed E-state index contributed by atoms with van der Waals surface area (Å²) >= 11 is 0. The molecule has 0 atom stereocenters. The Bertz CT molecular complexity index is 1090. The number of halogens is 1. The number of hydrogen-bond acceptors (Lipinski definition) is 4. The third-order valence-electron chi connectivity index (χ3n) is 6.39. The number of hydrogen-bond donors (Lipinski definition) is 1. The Morgan fingerprint density at radius 3 is 2.84 bits per heavy atom. The minimum Gasteiger partial charge on any atom is -0.372 e. The van der Waals surface area contributed by atoms with Crippen molar-refractivity contribution in [1.82, 2.24) is 19.8 Å². The number of carbonyl (C=O) groups is 1. The van der Waals surface area contributed by atoms with E-state index in [2.05, 4.69) is 19.8 Å². The lowest BCUT2D eigenvalue weighted by Gasteiger charge is -2.32. The van der Waals surface area contributed by atoms with Crippen LogP contribution in [0.4, 0.5) is 4.39 Å². The molecule has 1 saturated heterocycles. The van der Waals surface area contributed by atoms with E-state index in [1.165, 1.54) is 6.07 Å². The first-order valence-corrected chi connectivity index (χ1v) is 11.0. The van der Waals surface area contributed by atoms with Crippen LogP contribution >= 0.6 is 0 Å². The van der Waals surface area contributed by atoms with Crippen LogP contribution in [0.25, 0.3) is 11.0 Å². The monoisotopic (exact) mass is 422 g/mol. The van der Waals surface area contributed by atoms with Crippen LogP contribution in [-0.4, -0.2) is 46.6 Å². The molecule has 1 fully saturated rings. The van der Waals surface area contributed by atoms with Gasteiger partial charge in [-0.05, 0) is 56.1 Å². The summed E-state index contributed by atoms with van der Waals surface area (Å²) in [6, 6.07) is 12.7. The summed E-state index contributed by atoms with van der Waals surface area (Å²) in [6.45, 7) is 5.16. The fourth-order valence-corrected chi connectivity index (χ4v) is 4.56. The summed E-state index contributed by atoms with van der Waals surface area (Å²) in [4.78, 5) is 19.6. The zero-order valence-corrected chi connectivity index (χ0v) is 17.5. The van der Waals surface area contributed by atoms with Gasteiger partial charge in [-0.3, -0.25) is 9.69 Å². The van der Waals surface area contributed by atoms with Gasteiger partial charge in [0.2, 0.25) is 0 Å². The van der Waals surface area contributed by atoms with E-state index >= 15 is 0 Å². The lowest BCUT2D eigenvalue weighted by atomic mass is 9.96. The van der Waals surface area contributed by atoms with E-state index in [1.807, 2.05) is 30.3 Å². The molecule has 5 rings (SSSR count). The highest BCUT2D eigenvalue weighted by molar-refractivity contribution is 5.97. The lowest BCUT2D eigenvalue weighted by Crippen LogP contribution is -2.38. The van der Waals surface area contributed by atoms with E-state index in [9.17, 15) is 9.18 Å². The Hall–Kier alpha value is -2.77. The van der Waals surface area contributed by atoms with E-state index in [-0.39, 0.29) is 11.7 Å². The van der Waals surface area contributed by atoms with Crippen molar-refractivity contribution >= 4 is 16.9 Å². The van der Waals surface area contributed by atoms with Crippen LogP contribution in [0.15, 0.2) is 42.5 Å². The van der Waals surface area contributed by atoms with Crippen molar-refractivity contribution in [1.29, 1.82) is 0 Å². The standard InChI is InChI=1S/C24H27FN4O2/c25-20-4-2-1-3-19(20)15-28-9-7-17(8-10-28)14-26-24(30)18-5-6-22-21(13-18)27-23-16-31-12-11-29(22)23/h1-6,13,17H,7-12,14-16H2,(H,26,30). The summed E-state index contributed by atoms with van der Waals surface area (Å²) in [6.07, 6.45) is 2.00. The van der Waals surface area contributed by atoms with Crippen LogP contribution in [0.5, 0.6) is 0 Å². The zero-order valence-electron chi connectivity index (χ0n) is 17.5. The van der Waals surface area contributed by atoms with Gasteiger partial charge in [0.25, 0.3) is 5.91 Å². The van der Waals surface area contributed by atoms with Crippen LogP contribution < -0.4 is 5.32 Å². The Morgan fingerprint density at radius 1 is 1.16 bits per heavy atom. The molecule has 2 aliphatic rings. The normalized spacial score (nSPS) is 17.6. The summed E-state index contributed by atoms with van der Waals surface area (Å²) in [5.74, 6) is 1.17. The Morgan fingerprint density at radius 2 is 2.00 bits per heavy atom. The van der Waals surface area contributed by atoms with Gasteiger partial charge in [0.05, 0.1) is 17.6 Å². The zero-order chi connectivity index (χ0) is 21.2. The first-order valence-electron chi connectivity index (χ1n) is 11.0. The fourth-order valence-electron chi connectivity index (χ4n) is 4.56. The molecule has 0 unspecified atom stereocenters. The highest BCUT2D eigenvalue weighted by Crippen LogP contribution is 2.22. The molecule has 2 aliphatic heterocycles. The molecule has 0 saturated carbocycles. The molecule has 1 amide bonds. The molecular weight excluding hydrogens is 395 g/mol. The molecule has 0 bridgehead atoms. The molecule has 6 nitrogen and oxygen atoms in total. The van der Waals surface area contributed by atoms with Gasteiger partial charge < -0.3 is 14.6 Å². The molecule has 1 N–H and O–H groups in total. The molecule has 3 heterocycles. The predicted octanol–water partition coefficient (Wildman–Crippen LogP) is 3.35. The maximum Gasteiger partial charge on any atom is 0.251 e. The summed E-state index contributed by atoms with van der Waals surface area (Å²) in [5, 5.41) is 3.09. The number of benzene rings is 2. The van der Waals surface area contributed by atoms with Gasteiger partial charge in [-0.15, -0.1) is 0 Å². The Balaban J connectivity index is 1.14. The SMILES string of the molecule is O=C(NCC1CCN(Cc2ccccc2F)CC1)c1ccc2c(c1)nc1n2CCOC1. The largest absolute Gasteiger partial charge is 0.372 e. The van der Waals surface area contributed by atoms with Gasteiger partial charge >= 0.3 is 0 Å². The minimum atomic E-state index is -0.139. The topological polar surface area (TPSA) is 59.4 Å². The number of imidazole rings is 1. The number of aromatic nitrogens is 2. The van der Waals surface area contributed by atoms with Crippen LogP contribution in [0.3, 0.4) is 0 Å². The van der Waals surface area contributed by atoms with Crippen molar-refractivity contribution in [3.05, 3.63) is 65.2 Å². The Labute approximate surface area is 181 Å². The predicted molar refractivity (Wildman–Crippen MR) is 116 cm³/mol. The first-order chi connectivity index (χ1) is 15.2. The number of nitrogens with zero attached hydrogens (tertiary/aromatic N) is 3. The summed E-state index contributed by atoms with van der Waals surface area (Å²) in [7, 11) is 0. The van der Waals surface area contributed by atoms with Crippen LogP contribution in [0, 0.1) is 11.7 Å². The number of amides is 1. The van der Waals surface area contributed by atoms with Gasteiger partial charge in [-0.25, -0.2) is 9.37 Å². The van der Waals surface area contributed by atoms with Crippen molar-refractivity contribution in [2.45, 2.75) is 32.5 Å². The van der Waals surface area contributed by atoms with E-state index in [0.717, 1.165) is 54.9 Å². The van der Waals surface area contributed by atoms with E-state index in [0.29, 0.717) is 37.8 Å². The summed E-state index contributed by atoms with van der Waals surface area (Å²) in [5.41, 5.74) is 3.28. The maximum absolute atomic E-state index is 13.9. The van der Waals surface area contributed by atoms with E-state index < -0.39 is 0 Å². The molecule has 0 spiro atoms. The smallest absolute Gasteiger partial charge is 0.251 e. The van der Waals surface area contributed by atoms with Gasteiger partial charge in [0.15, 0.2) is 0 Å². The number of likely N-dealkylation sites (tertiary alicyclic amines) is 1. The average molecular weight is 423 g/mol. The van der Waals surface area contributed by atoms with Gasteiger partial charge in [0.1, 0.15) is 18.2 Å². The lowest BCUT2D eigenvalue weighted by molar-refractivity contribution is 0.0830. The molecule has 0 aliphatic carbocycles. The third kappa shape index (κ3) is 4.34. The third-order valence-corrected chi connectivity index (χ3v) is 6.39. The van der Waals surface area contributed by atoms with Crippen molar-refractivity contribution in [2.75, 3.05) is 26.2 Å². The highest BCUT2D eigenvalue weighted by Gasteiger charge is 2.21. The highest BCUT2D eigenvalue weighted by atomic mass is 19.1. The first kappa shape index (κ1) is 20.2. The summed E-state index contributed by atoms with van der Waals surface area (Å²) < 4.78 is 21.5. The number of piperidine rings is 1. The molecule has 7 heteroatoms. The quantitative estimate of drug-likeness (QED) is 0.685. The van der Waals surface area contributed by atoms with Crippen molar-refractivity contribution in [2.24, 2.45) is 5.92 Å². The Kier molecular flexibility index (Phi) is 5.70. The molecule has 31 heavy (non-hydrogen) atoms. The minimum absolute atomic E-state index is 0.0575. The van der Waals surface area contributed by atoms with E-state index in [1.54, 1.807) is 6.07 Å². The molecule has 0 radical (unpaired) electrons. The van der Waals surface area contributed by atoms with Crippen molar-refractivity contribution < 1.29 is 13.9 Å². The van der Waals surface area contributed by atoms with Gasteiger partial charge in [-0.2, -0.15) is 0 Å². The number of rotatable bonds is 5. The van der Waals surface area contributed by atoms with Crippen molar-refractivity contribution in [3.63, 3.8) is 0 Å². The van der Waals surface area contributed by atoms with Gasteiger partial charge in [-0.1, -0.05) is 18.2 Å². The molecular formula is C24H27FN4O2. The number of carbonyl (C=O) groups excluding carboxylic acids is 1. The second kappa shape index (κ2) is 8.77. The number of ether oxygens (including phenoxy) is 1. The molecule has 2 aromatic carbocycles. The average Bonchev–Trinajstić information content (AvgIpc) is 3.18. The number of fused-ring (bicyclic) bond motifs is 3. The second-order valence-electron chi connectivity index (χ2n) is 8.46. The van der Waals surface area contributed by atoms with Crippen molar-refractivity contribution in [3.8, 4) is 0 Å². The number of nitrogens with one attached hydrogen (secondary N) is 1.